The van der Waals surface area contributed by atoms with E-state index in [-0.39, 0.29) is 0 Å². The number of rotatable bonds is 7. The van der Waals surface area contributed by atoms with Crippen LogP contribution >= 0.6 is 7.14 Å². The van der Waals surface area contributed by atoms with Gasteiger partial charge in [0.15, 0.2) is 7.14 Å². The minimum absolute atomic E-state index is 0.433. The molecular weight excluding hydrogens is 575 g/mol. The average Bonchev–Trinajstić information content (AvgIpc) is 3.13. The smallest absolute Gasteiger partial charge is 0.166 e. The Bertz CT molecular complexity index is 1880. The predicted octanol–water partition coefficient (Wildman–Crippen LogP) is 11.5. The third-order valence-corrected chi connectivity index (χ3v) is 13.9. The van der Waals surface area contributed by atoms with E-state index in [0.29, 0.717) is 17.8 Å². The Morgan fingerprint density at radius 1 is 0.761 bits per heavy atom. The lowest BCUT2D eigenvalue weighted by atomic mass is 9.70. The molecule has 2 heteroatoms. The molecule has 3 aliphatic carbocycles. The number of hydrogen-bond donors (Lipinski definition) is 0. The summed E-state index contributed by atoms with van der Waals surface area (Å²) in [5, 5.41) is 5.65. The van der Waals surface area contributed by atoms with Gasteiger partial charge >= 0.3 is 0 Å². The summed E-state index contributed by atoms with van der Waals surface area (Å²) in [7, 11) is -2.93. The van der Waals surface area contributed by atoms with Crippen LogP contribution in [0.4, 0.5) is 0 Å². The lowest BCUT2D eigenvalue weighted by Crippen LogP contribution is -2.19. The molecule has 0 saturated heterocycles. The van der Waals surface area contributed by atoms with E-state index in [1.165, 1.54) is 53.2 Å². The molecule has 1 saturated carbocycles. The van der Waals surface area contributed by atoms with Crippen LogP contribution in [0.1, 0.15) is 86.5 Å². The van der Waals surface area contributed by atoms with Crippen molar-refractivity contribution in [3.8, 4) is 0 Å². The van der Waals surface area contributed by atoms with Gasteiger partial charge in [-0.15, -0.1) is 0 Å². The largest absolute Gasteiger partial charge is 0.309 e. The van der Waals surface area contributed by atoms with E-state index in [4.69, 9.17) is 0 Å². The molecule has 0 aromatic heterocycles. The van der Waals surface area contributed by atoms with Gasteiger partial charge in [-0.1, -0.05) is 146 Å². The summed E-state index contributed by atoms with van der Waals surface area (Å²) in [6.07, 6.45) is 26.6. The number of allylic oxidation sites excluding steroid dienone is 9. The van der Waals surface area contributed by atoms with E-state index in [0.717, 1.165) is 35.2 Å². The first kappa shape index (κ1) is 30.7. The molecule has 0 radical (unpaired) electrons. The number of fused-ring (bicyclic) bond motifs is 2. The normalized spacial score (nSPS) is 21.8. The number of benzene rings is 4. The molecule has 4 aromatic rings. The van der Waals surface area contributed by atoms with Crippen molar-refractivity contribution in [3.63, 3.8) is 0 Å². The van der Waals surface area contributed by atoms with Gasteiger partial charge in [0.1, 0.15) is 0 Å². The average molecular weight is 621 g/mol. The SMILES string of the molecule is C/C(=C\C=C(/C)P(=O)(c1ccccc1)c1ccccc1)C1CCC[C@H](c2c3c(c(C4C=CC=CC4)c4ccccc24)C=CCC3)C1. The highest BCUT2D eigenvalue weighted by molar-refractivity contribution is 7.82. The van der Waals surface area contributed by atoms with E-state index in [2.05, 4.69) is 86.7 Å². The first-order valence-corrected chi connectivity index (χ1v) is 18.9. The molecule has 46 heavy (non-hydrogen) atoms. The van der Waals surface area contributed by atoms with Crippen LogP contribution < -0.4 is 10.6 Å². The number of hydrogen-bond acceptors (Lipinski definition) is 1. The summed E-state index contributed by atoms with van der Waals surface area (Å²) in [6, 6.07) is 29.3. The Morgan fingerprint density at radius 3 is 2.11 bits per heavy atom. The van der Waals surface area contributed by atoms with Crippen molar-refractivity contribution in [1.29, 1.82) is 0 Å². The van der Waals surface area contributed by atoms with Gasteiger partial charge in [-0.25, -0.2) is 0 Å². The fourth-order valence-electron chi connectivity index (χ4n) is 8.31. The molecule has 232 valence electrons. The third-order valence-electron chi connectivity index (χ3n) is 10.7. The van der Waals surface area contributed by atoms with Gasteiger partial charge in [-0.05, 0) is 103 Å². The van der Waals surface area contributed by atoms with Crippen LogP contribution in [0.25, 0.3) is 16.8 Å². The van der Waals surface area contributed by atoms with Crippen LogP contribution in [-0.4, -0.2) is 0 Å². The summed E-state index contributed by atoms with van der Waals surface area (Å²) in [5.41, 5.74) is 7.65. The topological polar surface area (TPSA) is 17.1 Å². The molecule has 0 N–H and O–H groups in total. The Labute approximate surface area is 275 Å². The minimum atomic E-state index is -2.93. The van der Waals surface area contributed by atoms with E-state index >= 15 is 0 Å². The second-order valence-electron chi connectivity index (χ2n) is 13.4. The molecule has 0 heterocycles. The zero-order valence-corrected chi connectivity index (χ0v) is 28.1. The van der Waals surface area contributed by atoms with Crippen LogP contribution in [0.2, 0.25) is 0 Å². The van der Waals surface area contributed by atoms with Crippen molar-refractivity contribution >= 4 is 34.6 Å². The van der Waals surface area contributed by atoms with Gasteiger partial charge in [-0.3, -0.25) is 0 Å². The van der Waals surface area contributed by atoms with Crippen molar-refractivity contribution in [3.05, 3.63) is 161 Å². The Morgan fingerprint density at radius 2 is 1.43 bits per heavy atom. The first-order valence-electron chi connectivity index (χ1n) is 17.2. The van der Waals surface area contributed by atoms with E-state index in [9.17, 15) is 4.57 Å². The molecule has 1 fully saturated rings. The van der Waals surface area contributed by atoms with E-state index in [1.54, 1.807) is 11.1 Å². The molecule has 3 atom stereocenters. The highest BCUT2D eigenvalue weighted by Gasteiger charge is 2.32. The predicted molar refractivity (Wildman–Crippen MR) is 199 cm³/mol. The fourth-order valence-corrected chi connectivity index (χ4v) is 10.9. The third kappa shape index (κ3) is 5.76. The summed E-state index contributed by atoms with van der Waals surface area (Å²) >= 11 is 0. The molecule has 1 nitrogen and oxygen atoms in total. The van der Waals surface area contributed by atoms with Crippen LogP contribution in [0, 0.1) is 5.92 Å². The highest BCUT2D eigenvalue weighted by Crippen LogP contribution is 2.52. The van der Waals surface area contributed by atoms with Crippen molar-refractivity contribution in [2.45, 2.75) is 70.6 Å². The monoisotopic (exact) mass is 620 g/mol. The summed E-state index contributed by atoms with van der Waals surface area (Å²) < 4.78 is 14.8. The van der Waals surface area contributed by atoms with Gasteiger partial charge in [0.05, 0.1) is 0 Å². The van der Waals surface area contributed by atoms with Gasteiger partial charge in [0, 0.05) is 16.5 Å². The molecule has 7 rings (SSSR count). The molecule has 2 unspecified atom stereocenters. The van der Waals surface area contributed by atoms with E-state index in [1.807, 2.05) is 60.7 Å². The molecular formula is C44H45OP. The molecule has 4 aromatic carbocycles. The van der Waals surface area contributed by atoms with Gasteiger partial charge in [0.25, 0.3) is 0 Å². The van der Waals surface area contributed by atoms with Crippen LogP contribution in [0.15, 0.2) is 138 Å². The Kier molecular flexibility index (Phi) is 8.97. The molecule has 0 amide bonds. The van der Waals surface area contributed by atoms with Crippen molar-refractivity contribution < 1.29 is 4.57 Å². The maximum atomic E-state index is 14.8. The second kappa shape index (κ2) is 13.4. The van der Waals surface area contributed by atoms with Crippen LogP contribution in [0.3, 0.4) is 0 Å². The van der Waals surface area contributed by atoms with Crippen LogP contribution in [-0.2, 0) is 11.0 Å². The maximum absolute atomic E-state index is 14.8. The van der Waals surface area contributed by atoms with Crippen LogP contribution in [0.5, 0.6) is 0 Å². The van der Waals surface area contributed by atoms with Gasteiger partial charge < -0.3 is 4.57 Å². The highest BCUT2D eigenvalue weighted by atomic mass is 31.2. The fraction of sp³-hybridized carbons (Fsp3) is 0.273. The lowest BCUT2D eigenvalue weighted by molar-refractivity contribution is 0.359. The quantitative estimate of drug-likeness (QED) is 0.148. The van der Waals surface area contributed by atoms with E-state index < -0.39 is 7.14 Å². The molecule has 0 bridgehead atoms. The lowest BCUT2D eigenvalue weighted by Gasteiger charge is -2.35. The zero-order valence-electron chi connectivity index (χ0n) is 27.2. The van der Waals surface area contributed by atoms with Crippen molar-refractivity contribution in [2.75, 3.05) is 0 Å². The van der Waals surface area contributed by atoms with Crippen molar-refractivity contribution in [2.24, 2.45) is 5.92 Å². The van der Waals surface area contributed by atoms with Crippen molar-refractivity contribution in [1.82, 2.24) is 0 Å². The van der Waals surface area contributed by atoms with Gasteiger partial charge in [-0.2, -0.15) is 0 Å². The standard InChI is InChI=1S/C44H45OP/c1-32(29-30-33(2)46(45,37-21-8-4-9-22-37)38-23-10-5-11-24-38)35-19-16-20-36(31-35)44-41-27-14-12-25-39(41)43(34-17-6-3-7-18-34)40-26-13-15-28-42(40)44/h3-14,17,21-27,29-30,34-36H,15-16,18-20,28,31H2,1-2H3/b32-29+,33-30+/t34?,35?,36-/m0/s1. The summed E-state index contributed by atoms with van der Waals surface area (Å²) in [4.78, 5) is 0. The van der Waals surface area contributed by atoms with Gasteiger partial charge in [0.2, 0.25) is 0 Å². The molecule has 0 aliphatic heterocycles. The second-order valence-corrected chi connectivity index (χ2v) is 16.4. The maximum Gasteiger partial charge on any atom is 0.166 e. The summed E-state index contributed by atoms with van der Waals surface area (Å²) in [5.74, 6) is 1.51. The molecule has 3 aliphatic rings. The molecule has 0 spiro atoms. The zero-order chi connectivity index (χ0) is 31.5. The first-order chi connectivity index (χ1) is 22.6. The Hall–Kier alpha value is -3.93. The summed E-state index contributed by atoms with van der Waals surface area (Å²) in [6.45, 7) is 4.36. The minimum Gasteiger partial charge on any atom is -0.309 e. The Balaban J connectivity index is 1.23.